The molecule has 1 aromatic heterocycles. The number of carbonyl (C=O) groups excluding carboxylic acids is 2. The molecule has 2 heterocycles. The number of carbonyl (C=O) groups is 2. The normalized spacial score (nSPS) is 14.1. The topological polar surface area (TPSA) is 108 Å². The minimum absolute atomic E-state index is 0.107. The number of thioether (sulfide) groups is 1. The van der Waals surface area contributed by atoms with Crippen molar-refractivity contribution in [1.29, 1.82) is 0 Å². The van der Waals surface area contributed by atoms with Gasteiger partial charge in [-0.25, -0.2) is 9.48 Å². The molecule has 0 bridgehead atoms. The highest BCUT2D eigenvalue weighted by atomic mass is 35.5. The Morgan fingerprint density at radius 1 is 1.07 bits per heavy atom. The Balaban J connectivity index is 1.69. The fourth-order valence-corrected chi connectivity index (χ4v) is 5.91. The SMILES string of the molecule is CCCCOC(=O)C1=C(C)Nc2nc(SCc3ccccc3Cl)nn2C1c1ccc(OCC(=O)N(CC)CC)c(OCC)c1. The summed E-state index contributed by atoms with van der Waals surface area (Å²) in [6.45, 7) is 11.4. The monoisotopic (exact) mass is 641 g/mol. The molecule has 10 nitrogen and oxygen atoms in total. The van der Waals surface area contributed by atoms with Gasteiger partial charge >= 0.3 is 5.97 Å². The molecule has 0 spiro atoms. The zero-order valence-corrected chi connectivity index (χ0v) is 27.5. The summed E-state index contributed by atoms with van der Waals surface area (Å²) >= 11 is 7.82. The zero-order chi connectivity index (χ0) is 31.6. The molecule has 4 rings (SSSR count). The number of amides is 1. The largest absolute Gasteiger partial charge is 0.490 e. The first-order valence-electron chi connectivity index (χ1n) is 15.0. The van der Waals surface area contributed by atoms with Gasteiger partial charge < -0.3 is 24.4 Å². The fraction of sp³-hybridized carbons (Fsp3) is 0.438. The van der Waals surface area contributed by atoms with E-state index >= 15 is 0 Å². The lowest BCUT2D eigenvalue weighted by Gasteiger charge is -2.28. The second-order valence-corrected chi connectivity index (χ2v) is 11.4. The highest BCUT2D eigenvalue weighted by Crippen LogP contribution is 2.40. The average Bonchev–Trinajstić information content (AvgIpc) is 3.42. The molecule has 236 valence electrons. The summed E-state index contributed by atoms with van der Waals surface area (Å²) in [4.78, 5) is 32.5. The van der Waals surface area contributed by atoms with Crippen molar-refractivity contribution in [3.8, 4) is 11.5 Å². The molecule has 44 heavy (non-hydrogen) atoms. The van der Waals surface area contributed by atoms with Crippen molar-refractivity contribution in [3.63, 3.8) is 0 Å². The van der Waals surface area contributed by atoms with Gasteiger partial charge in [0.15, 0.2) is 18.1 Å². The third kappa shape index (κ3) is 7.87. The van der Waals surface area contributed by atoms with E-state index in [1.807, 2.05) is 71.0 Å². The first kappa shape index (κ1) is 33.2. The summed E-state index contributed by atoms with van der Waals surface area (Å²) in [5, 5.41) is 9.27. The molecule has 1 N–H and O–H groups in total. The van der Waals surface area contributed by atoms with E-state index in [2.05, 4.69) is 5.32 Å². The van der Waals surface area contributed by atoms with Crippen molar-refractivity contribution in [2.75, 3.05) is 38.2 Å². The van der Waals surface area contributed by atoms with Gasteiger partial charge in [-0.1, -0.05) is 61.0 Å². The van der Waals surface area contributed by atoms with E-state index < -0.39 is 12.0 Å². The van der Waals surface area contributed by atoms with Crippen LogP contribution in [0.3, 0.4) is 0 Å². The van der Waals surface area contributed by atoms with Crippen LogP contribution in [0, 0.1) is 0 Å². The van der Waals surface area contributed by atoms with Crippen LogP contribution in [0.2, 0.25) is 5.02 Å². The average molecular weight is 642 g/mol. The number of hydrogen-bond donors (Lipinski definition) is 1. The third-order valence-corrected chi connectivity index (χ3v) is 8.40. The van der Waals surface area contributed by atoms with Crippen LogP contribution in [-0.4, -0.2) is 64.5 Å². The van der Waals surface area contributed by atoms with Crippen LogP contribution in [0.1, 0.15) is 64.6 Å². The lowest BCUT2D eigenvalue weighted by atomic mass is 9.95. The molecule has 0 saturated heterocycles. The van der Waals surface area contributed by atoms with E-state index in [0.29, 0.717) is 71.0 Å². The Kier molecular flexibility index (Phi) is 12.0. The van der Waals surface area contributed by atoms with Crippen molar-refractivity contribution in [2.24, 2.45) is 0 Å². The molecule has 1 amide bonds. The molecular weight excluding hydrogens is 602 g/mol. The molecule has 12 heteroatoms. The van der Waals surface area contributed by atoms with E-state index in [1.54, 1.807) is 15.6 Å². The number of allylic oxidation sites excluding steroid dienone is 1. The molecular formula is C32H40ClN5O5S. The second-order valence-electron chi connectivity index (χ2n) is 10.1. The van der Waals surface area contributed by atoms with Crippen molar-refractivity contribution >= 4 is 41.2 Å². The molecule has 0 aliphatic carbocycles. The molecule has 1 atom stereocenters. The Bertz CT molecular complexity index is 1490. The van der Waals surface area contributed by atoms with Crippen molar-refractivity contribution < 1.29 is 23.8 Å². The second kappa shape index (κ2) is 15.9. The lowest BCUT2D eigenvalue weighted by molar-refractivity contribution is -0.139. The summed E-state index contributed by atoms with van der Waals surface area (Å²) in [5.74, 6) is 1.45. The summed E-state index contributed by atoms with van der Waals surface area (Å²) < 4.78 is 19.2. The van der Waals surface area contributed by atoms with Gasteiger partial charge in [0, 0.05) is 29.6 Å². The molecule has 1 unspecified atom stereocenters. The van der Waals surface area contributed by atoms with Crippen LogP contribution in [0.5, 0.6) is 11.5 Å². The van der Waals surface area contributed by atoms with E-state index in [0.717, 1.165) is 24.0 Å². The van der Waals surface area contributed by atoms with Crippen LogP contribution < -0.4 is 14.8 Å². The van der Waals surface area contributed by atoms with Gasteiger partial charge in [-0.15, -0.1) is 5.10 Å². The molecule has 2 aromatic carbocycles. The van der Waals surface area contributed by atoms with Gasteiger partial charge in [0.2, 0.25) is 11.1 Å². The number of nitrogens with one attached hydrogen (secondary N) is 1. The minimum atomic E-state index is -0.645. The Labute approximate surface area is 268 Å². The Morgan fingerprint density at radius 2 is 1.84 bits per heavy atom. The van der Waals surface area contributed by atoms with Crippen molar-refractivity contribution in [2.45, 2.75) is 64.4 Å². The van der Waals surface area contributed by atoms with Crippen molar-refractivity contribution in [3.05, 3.63) is 69.9 Å². The molecule has 1 aliphatic rings. The van der Waals surface area contributed by atoms with E-state index in [4.69, 9.17) is 35.9 Å². The predicted octanol–water partition coefficient (Wildman–Crippen LogP) is 6.50. The molecule has 3 aromatic rings. The number of hydrogen-bond acceptors (Lipinski definition) is 9. The van der Waals surface area contributed by atoms with Gasteiger partial charge in [0.05, 0.1) is 18.8 Å². The minimum Gasteiger partial charge on any atom is -0.490 e. The molecule has 0 saturated carbocycles. The zero-order valence-electron chi connectivity index (χ0n) is 25.9. The summed E-state index contributed by atoms with van der Waals surface area (Å²) in [6, 6.07) is 12.5. The maximum Gasteiger partial charge on any atom is 0.338 e. The van der Waals surface area contributed by atoms with E-state index in [1.165, 1.54) is 11.8 Å². The number of likely N-dealkylation sites (N-methyl/N-ethyl adjacent to an activating group) is 1. The van der Waals surface area contributed by atoms with Crippen LogP contribution in [0.25, 0.3) is 0 Å². The number of ether oxygens (including phenoxy) is 3. The number of halogens is 1. The van der Waals surface area contributed by atoms with Gasteiger partial charge in [0.1, 0.15) is 6.04 Å². The maximum absolute atomic E-state index is 13.5. The van der Waals surface area contributed by atoms with Gasteiger partial charge in [-0.3, -0.25) is 4.79 Å². The lowest BCUT2D eigenvalue weighted by Crippen LogP contribution is -2.34. The number of fused-ring (bicyclic) bond motifs is 1. The van der Waals surface area contributed by atoms with Crippen LogP contribution >= 0.6 is 23.4 Å². The maximum atomic E-state index is 13.5. The highest BCUT2D eigenvalue weighted by molar-refractivity contribution is 7.98. The predicted molar refractivity (Wildman–Crippen MR) is 172 cm³/mol. The number of unbranched alkanes of at least 4 members (excludes halogenated alkanes) is 1. The fourth-order valence-electron chi connectivity index (χ4n) is 4.80. The number of anilines is 1. The third-order valence-electron chi connectivity index (χ3n) is 7.15. The first-order chi connectivity index (χ1) is 21.3. The van der Waals surface area contributed by atoms with Gasteiger partial charge in [-0.2, -0.15) is 4.98 Å². The smallest absolute Gasteiger partial charge is 0.338 e. The van der Waals surface area contributed by atoms with E-state index in [9.17, 15) is 9.59 Å². The van der Waals surface area contributed by atoms with Gasteiger partial charge in [-0.05, 0) is 63.4 Å². The quantitative estimate of drug-likeness (QED) is 0.113. The summed E-state index contributed by atoms with van der Waals surface area (Å²) in [7, 11) is 0. The highest BCUT2D eigenvalue weighted by Gasteiger charge is 2.36. The van der Waals surface area contributed by atoms with Crippen LogP contribution in [0.15, 0.2) is 58.9 Å². The molecule has 0 fully saturated rings. The van der Waals surface area contributed by atoms with Gasteiger partial charge in [0.25, 0.3) is 5.91 Å². The molecule has 0 radical (unpaired) electrons. The summed E-state index contributed by atoms with van der Waals surface area (Å²) in [6.07, 6.45) is 1.67. The Hall–Kier alpha value is -3.70. The van der Waals surface area contributed by atoms with E-state index in [-0.39, 0.29) is 12.5 Å². The summed E-state index contributed by atoms with van der Waals surface area (Å²) in [5.41, 5.74) is 2.76. The number of aromatic nitrogens is 3. The van der Waals surface area contributed by atoms with Crippen molar-refractivity contribution in [1.82, 2.24) is 19.7 Å². The number of benzene rings is 2. The number of esters is 1. The van der Waals surface area contributed by atoms with Crippen LogP contribution in [-0.2, 0) is 20.1 Å². The standard InChI is InChI=1S/C32H40ClN5O5S/c1-6-10-17-42-30(40)28-21(5)34-31-35-32(44-20-23-13-11-12-14-24(23)33)36-38(31)29(28)22-15-16-25(26(18-22)41-9-4)43-19-27(39)37(7-2)8-3/h11-16,18,29H,6-10,17,19-20H2,1-5H3,(H,34,35,36). The number of rotatable bonds is 15. The Morgan fingerprint density at radius 3 is 2.55 bits per heavy atom. The van der Waals surface area contributed by atoms with Crippen LogP contribution in [0.4, 0.5) is 5.95 Å². The number of nitrogens with zero attached hydrogens (tertiary/aromatic N) is 4. The first-order valence-corrected chi connectivity index (χ1v) is 16.3. The molecule has 1 aliphatic heterocycles.